The van der Waals surface area contributed by atoms with Gasteiger partial charge in [-0.2, -0.15) is 0 Å². The molecule has 0 radical (unpaired) electrons. The lowest BCUT2D eigenvalue weighted by Gasteiger charge is -2.30. The fraction of sp³-hybridized carbons (Fsp3) is 0.533. The van der Waals surface area contributed by atoms with Crippen LogP contribution in [0.1, 0.15) is 12.8 Å². The van der Waals surface area contributed by atoms with Crippen LogP contribution in [0.25, 0.3) is 0 Å². The molecule has 10 heteroatoms. The van der Waals surface area contributed by atoms with Gasteiger partial charge in [0.15, 0.2) is 0 Å². The van der Waals surface area contributed by atoms with Crippen molar-refractivity contribution in [1.29, 1.82) is 0 Å². The first kappa shape index (κ1) is 19.1. The summed E-state index contributed by atoms with van der Waals surface area (Å²) in [5.74, 6) is -0.563. The number of benzene rings is 1. The highest BCUT2D eigenvalue weighted by Gasteiger charge is 2.29. The van der Waals surface area contributed by atoms with Crippen molar-refractivity contribution in [3.05, 3.63) is 34.4 Å². The summed E-state index contributed by atoms with van der Waals surface area (Å²) in [4.78, 5) is 22.6. The third-order valence-corrected chi connectivity index (χ3v) is 5.33. The third kappa shape index (κ3) is 5.40. The van der Waals surface area contributed by atoms with Gasteiger partial charge in [0.1, 0.15) is 5.69 Å². The Morgan fingerprint density at radius 1 is 1.36 bits per heavy atom. The Bertz CT molecular complexity index is 737. The summed E-state index contributed by atoms with van der Waals surface area (Å²) < 4.78 is 24.5. The Morgan fingerprint density at radius 2 is 2.08 bits per heavy atom. The molecule has 1 fully saturated rings. The van der Waals surface area contributed by atoms with Crippen LogP contribution in [0.15, 0.2) is 24.3 Å². The van der Waals surface area contributed by atoms with Crippen molar-refractivity contribution in [2.75, 3.05) is 37.8 Å². The first-order valence-corrected chi connectivity index (χ1v) is 9.84. The topological polar surface area (TPSA) is 122 Å². The van der Waals surface area contributed by atoms with Crippen molar-refractivity contribution in [2.24, 2.45) is 5.92 Å². The number of nitrogens with one attached hydrogen (secondary N) is 2. The van der Waals surface area contributed by atoms with E-state index < -0.39 is 14.9 Å². The molecule has 1 aromatic carbocycles. The summed E-state index contributed by atoms with van der Waals surface area (Å²) in [7, 11) is -3.29. The number of sulfonamides is 1. The maximum atomic E-state index is 12.2. The average Bonchev–Trinajstić information content (AvgIpc) is 2.58. The van der Waals surface area contributed by atoms with Gasteiger partial charge in [0.05, 0.1) is 17.1 Å². The summed E-state index contributed by atoms with van der Waals surface area (Å²) >= 11 is 0. The summed E-state index contributed by atoms with van der Waals surface area (Å²) in [5, 5.41) is 16.6. The van der Waals surface area contributed by atoms with E-state index in [0.717, 1.165) is 6.26 Å². The van der Waals surface area contributed by atoms with Gasteiger partial charge in [-0.05, 0) is 18.9 Å². The molecule has 1 amide bonds. The zero-order valence-corrected chi connectivity index (χ0v) is 14.8. The van der Waals surface area contributed by atoms with Gasteiger partial charge in [-0.3, -0.25) is 14.9 Å². The molecular formula is C15H22N4O5S. The Kier molecular flexibility index (Phi) is 6.32. The second kappa shape index (κ2) is 8.26. The first-order valence-electron chi connectivity index (χ1n) is 7.99. The van der Waals surface area contributed by atoms with Gasteiger partial charge in [0, 0.05) is 32.2 Å². The Hall–Kier alpha value is -2.20. The van der Waals surface area contributed by atoms with Crippen LogP contribution < -0.4 is 10.6 Å². The molecular weight excluding hydrogens is 348 g/mol. The lowest BCUT2D eigenvalue weighted by molar-refractivity contribution is -0.384. The van der Waals surface area contributed by atoms with E-state index in [1.54, 1.807) is 18.2 Å². The molecule has 0 bridgehead atoms. The molecule has 1 aromatic rings. The molecule has 0 saturated carbocycles. The number of rotatable bonds is 7. The molecule has 0 aliphatic carbocycles. The Balaban J connectivity index is 1.80. The van der Waals surface area contributed by atoms with Gasteiger partial charge in [-0.15, -0.1) is 0 Å². The first-order chi connectivity index (χ1) is 11.8. The number of carbonyl (C=O) groups is 1. The second-order valence-corrected chi connectivity index (χ2v) is 7.93. The fourth-order valence-electron chi connectivity index (χ4n) is 2.77. The predicted molar refractivity (Wildman–Crippen MR) is 93.7 cm³/mol. The van der Waals surface area contributed by atoms with Crippen LogP contribution in [-0.2, 0) is 14.8 Å². The SMILES string of the molecule is CS(=O)(=O)N1CCCC(C(=O)NCCNc2ccccc2[N+](=O)[O-])C1. The van der Waals surface area contributed by atoms with Crippen LogP contribution in [0.4, 0.5) is 11.4 Å². The van der Waals surface area contributed by atoms with Gasteiger partial charge in [0.25, 0.3) is 5.69 Å². The smallest absolute Gasteiger partial charge is 0.292 e. The van der Waals surface area contributed by atoms with E-state index >= 15 is 0 Å². The van der Waals surface area contributed by atoms with Crippen molar-refractivity contribution in [3.63, 3.8) is 0 Å². The van der Waals surface area contributed by atoms with E-state index in [1.807, 2.05) is 0 Å². The second-order valence-electron chi connectivity index (χ2n) is 5.95. The van der Waals surface area contributed by atoms with Crippen LogP contribution in [-0.4, -0.2) is 56.0 Å². The summed E-state index contributed by atoms with van der Waals surface area (Å²) in [6.45, 7) is 1.27. The molecule has 1 aliphatic rings. The number of hydrogen-bond acceptors (Lipinski definition) is 6. The van der Waals surface area contributed by atoms with E-state index in [2.05, 4.69) is 10.6 Å². The van der Waals surface area contributed by atoms with Crippen LogP contribution >= 0.6 is 0 Å². The zero-order valence-electron chi connectivity index (χ0n) is 14.0. The number of para-hydroxylation sites is 2. The third-order valence-electron chi connectivity index (χ3n) is 4.06. The van der Waals surface area contributed by atoms with E-state index in [9.17, 15) is 23.3 Å². The predicted octanol–water partition coefficient (Wildman–Crippen LogP) is 0.795. The minimum Gasteiger partial charge on any atom is -0.378 e. The minimum absolute atomic E-state index is 0.0232. The molecule has 1 atom stereocenters. The van der Waals surface area contributed by atoms with Gasteiger partial charge in [-0.1, -0.05) is 12.1 Å². The van der Waals surface area contributed by atoms with E-state index in [0.29, 0.717) is 38.2 Å². The van der Waals surface area contributed by atoms with Crippen LogP contribution in [0, 0.1) is 16.0 Å². The summed E-state index contributed by atoms with van der Waals surface area (Å²) in [5.41, 5.74) is 0.368. The summed E-state index contributed by atoms with van der Waals surface area (Å²) in [6, 6.07) is 6.28. The van der Waals surface area contributed by atoms with Gasteiger partial charge in [-0.25, -0.2) is 12.7 Å². The number of amides is 1. The molecule has 2 N–H and O–H groups in total. The molecule has 0 spiro atoms. The van der Waals surface area contributed by atoms with Crippen molar-refractivity contribution in [3.8, 4) is 0 Å². The van der Waals surface area contributed by atoms with E-state index in [4.69, 9.17) is 0 Å². The number of carbonyl (C=O) groups excluding carboxylic acids is 1. The molecule has 1 unspecified atom stereocenters. The monoisotopic (exact) mass is 370 g/mol. The maximum absolute atomic E-state index is 12.2. The van der Waals surface area contributed by atoms with E-state index in [-0.39, 0.29) is 24.1 Å². The lowest BCUT2D eigenvalue weighted by Crippen LogP contribution is -2.45. The van der Waals surface area contributed by atoms with Gasteiger partial charge in [0.2, 0.25) is 15.9 Å². The highest BCUT2D eigenvalue weighted by molar-refractivity contribution is 7.88. The molecule has 2 rings (SSSR count). The molecule has 1 aliphatic heterocycles. The number of hydrogen-bond donors (Lipinski definition) is 2. The van der Waals surface area contributed by atoms with Crippen molar-refractivity contribution in [1.82, 2.24) is 9.62 Å². The molecule has 25 heavy (non-hydrogen) atoms. The highest BCUT2D eigenvalue weighted by atomic mass is 32.2. The molecule has 9 nitrogen and oxygen atoms in total. The minimum atomic E-state index is -3.29. The quantitative estimate of drug-likeness (QED) is 0.416. The number of anilines is 1. The van der Waals surface area contributed by atoms with Crippen LogP contribution in [0.3, 0.4) is 0 Å². The molecule has 0 aromatic heterocycles. The zero-order chi connectivity index (χ0) is 18.4. The van der Waals surface area contributed by atoms with Gasteiger partial charge >= 0.3 is 0 Å². The number of piperidine rings is 1. The van der Waals surface area contributed by atoms with Gasteiger partial charge < -0.3 is 10.6 Å². The number of nitrogens with zero attached hydrogens (tertiary/aromatic N) is 2. The highest BCUT2D eigenvalue weighted by Crippen LogP contribution is 2.22. The Labute approximate surface area is 146 Å². The number of nitro benzene ring substituents is 1. The largest absolute Gasteiger partial charge is 0.378 e. The van der Waals surface area contributed by atoms with Crippen molar-refractivity contribution in [2.45, 2.75) is 12.8 Å². The fourth-order valence-corrected chi connectivity index (χ4v) is 3.68. The number of nitro groups is 1. The average molecular weight is 370 g/mol. The van der Waals surface area contributed by atoms with Crippen molar-refractivity contribution < 1.29 is 18.1 Å². The maximum Gasteiger partial charge on any atom is 0.292 e. The summed E-state index contributed by atoms with van der Waals surface area (Å²) in [6.07, 6.45) is 2.44. The van der Waals surface area contributed by atoms with E-state index in [1.165, 1.54) is 10.4 Å². The van der Waals surface area contributed by atoms with Crippen LogP contribution in [0.5, 0.6) is 0 Å². The molecule has 138 valence electrons. The van der Waals surface area contributed by atoms with Crippen LogP contribution in [0.2, 0.25) is 0 Å². The molecule has 1 heterocycles. The normalized spacial score (nSPS) is 18.5. The lowest BCUT2D eigenvalue weighted by atomic mass is 9.99. The Morgan fingerprint density at radius 3 is 2.76 bits per heavy atom. The van der Waals surface area contributed by atoms with Crippen molar-refractivity contribution >= 4 is 27.3 Å². The standard InChI is InChI=1S/C15H22N4O5S/c1-25(23,24)18-10-4-5-12(11-18)15(20)17-9-8-16-13-6-2-3-7-14(13)19(21)22/h2-3,6-7,12,16H,4-5,8-11H2,1H3,(H,17,20). The molecule has 1 saturated heterocycles.